The molecule has 0 saturated heterocycles. The van der Waals surface area contributed by atoms with Crippen LogP contribution in [0.15, 0.2) is 12.2 Å². The Labute approximate surface area is 349 Å². The van der Waals surface area contributed by atoms with Gasteiger partial charge in [-0.2, -0.15) is 0 Å². The van der Waals surface area contributed by atoms with E-state index in [1.165, 1.54) is 205 Å². The van der Waals surface area contributed by atoms with Gasteiger partial charge in [-0.15, -0.1) is 0 Å². The molecule has 4 unspecified atom stereocenters. The number of aliphatic hydroxyl groups excluding tert-OH is 4. The van der Waals surface area contributed by atoms with Gasteiger partial charge in [-0.25, -0.2) is 0 Å². The molecule has 0 radical (unpaired) electrons. The average Bonchev–Trinajstić information content (AvgIpc) is 3.20. The maximum absolute atomic E-state index is 12.5. The van der Waals surface area contributed by atoms with E-state index in [4.69, 9.17) is 0 Å². The van der Waals surface area contributed by atoms with E-state index in [2.05, 4.69) is 31.3 Å². The molecule has 0 aromatic carbocycles. The first-order chi connectivity index (χ1) is 27.5. The lowest BCUT2D eigenvalue weighted by atomic mass is 10.00. The minimum absolute atomic E-state index is 0.368. The Bertz CT molecular complexity index is 806. The predicted octanol–water partition coefficient (Wildman–Crippen LogP) is 13.7. The van der Waals surface area contributed by atoms with Gasteiger partial charge >= 0.3 is 0 Å². The molecule has 6 heteroatoms. The molecule has 56 heavy (non-hydrogen) atoms. The first-order valence-electron chi connectivity index (χ1n) is 25.1. The number of carbonyl (C=O) groups excluding carboxylic acids is 1. The molecule has 5 N–H and O–H groups in total. The zero-order valence-corrected chi connectivity index (χ0v) is 37.7. The van der Waals surface area contributed by atoms with Gasteiger partial charge in [0, 0.05) is 0 Å². The number of unbranched alkanes of at least 4 members (excludes halogenated alkanes) is 35. The number of amides is 1. The van der Waals surface area contributed by atoms with Crippen LogP contribution in [0.3, 0.4) is 0 Å². The highest BCUT2D eigenvalue weighted by Gasteiger charge is 2.28. The van der Waals surface area contributed by atoms with Crippen LogP contribution in [0.5, 0.6) is 0 Å². The number of carbonyl (C=O) groups is 1. The lowest BCUT2D eigenvalue weighted by molar-refractivity contribution is -0.132. The fraction of sp³-hybridized carbons (Fsp3) is 0.940. The number of nitrogens with one attached hydrogen (secondary N) is 1. The standard InChI is InChI=1S/C50H99NO5/c1-3-5-7-9-11-13-15-16-17-18-19-20-21-22-23-24-25-26-27-28-29-30-31-32-33-34-36-38-40-42-44-48(54)50(56)51-46(45-52)49(55)47(53)43-41-39-37-35-14-12-10-8-6-4-2/h35,37,46-49,52-55H,3-34,36,38-45H2,1-2H3,(H,51,56)/b37-35+. The summed E-state index contributed by atoms with van der Waals surface area (Å²) in [5, 5.41) is 43.6. The maximum Gasteiger partial charge on any atom is 0.249 e. The Kier molecular flexibility index (Phi) is 44.4. The monoisotopic (exact) mass is 794 g/mol. The lowest BCUT2D eigenvalue weighted by Crippen LogP contribution is -2.53. The van der Waals surface area contributed by atoms with E-state index in [9.17, 15) is 25.2 Å². The van der Waals surface area contributed by atoms with Crippen LogP contribution < -0.4 is 5.32 Å². The largest absolute Gasteiger partial charge is 0.394 e. The second-order valence-corrected chi connectivity index (χ2v) is 17.5. The van der Waals surface area contributed by atoms with Crippen molar-refractivity contribution in [1.82, 2.24) is 5.32 Å². The molecule has 0 aliphatic carbocycles. The van der Waals surface area contributed by atoms with Crippen LogP contribution in [0, 0.1) is 0 Å². The van der Waals surface area contributed by atoms with Crippen molar-refractivity contribution >= 4 is 5.91 Å². The average molecular weight is 794 g/mol. The van der Waals surface area contributed by atoms with Gasteiger partial charge in [0.05, 0.1) is 18.8 Å². The van der Waals surface area contributed by atoms with Crippen LogP contribution in [-0.4, -0.2) is 57.3 Å². The van der Waals surface area contributed by atoms with Gasteiger partial charge in [-0.05, 0) is 38.5 Å². The molecule has 0 aliphatic heterocycles. The van der Waals surface area contributed by atoms with Crippen LogP contribution in [0.25, 0.3) is 0 Å². The SMILES string of the molecule is CCCCCCC/C=C/CCCC(O)C(O)C(CO)NC(=O)C(O)CCCCCCCCCCCCCCCCCCCCCCCCCCCCCCCC. The molecular weight excluding hydrogens is 695 g/mol. The molecule has 0 aliphatic rings. The van der Waals surface area contributed by atoms with Gasteiger partial charge in [-0.1, -0.05) is 244 Å². The molecule has 0 spiro atoms. The minimum Gasteiger partial charge on any atom is -0.394 e. The van der Waals surface area contributed by atoms with E-state index in [-0.39, 0.29) is 0 Å². The van der Waals surface area contributed by atoms with E-state index in [1.807, 2.05) is 0 Å². The fourth-order valence-electron chi connectivity index (χ4n) is 7.99. The highest BCUT2D eigenvalue weighted by molar-refractivity contribution is 5.80. The van der Waals surface area contributed by atoms with Crippen LogP contribution in [0.4, 0.5) is 0 Å². The third kappa shape index (κ3) is 38.6. The number of allylic oxidation sites excluding steroid dienone is 2. The second-order valence-electron chi connectivity index (χ2n) is 17.5. The van der Waals surface area contributed by atoms with E-state index in [0.717, 1.165) is 38.5 Å². The molecule has 0 heterocycles. The Balaban J connectivity index is 3.53. The molecule has 1 amide bonds. The smallest absolute Gasteiger partial charge is 0.249 e. The maximum atomic E-state index is 12.5. The molecular formula is C50H99NO5. The van der Waals surface area contributed by atoms with Crippen LogP contribution in [0.2, 0.25) is 0 Å². The quantitative estimate of drug-likeness (QED) is 0.0311. The Morgan fingerprint density at radius 2 is 0.732 bits per heavy atom. The Morgan fingerprint density at radius 1 is 0.429 bits per heavy atom. The molecule has 0 aromatic heterocycles. The highest BCUT2D eigenvalue weighted by Crippen LogP contribution is 2.17. The summed E-state index contributed by atoms with van der Waals surface area (Å²) in [5.41, 5.74) is 0. The highest BCUT2D eigenvalue weighted by atomic mass is 16.3. The van der Waals surface area contributed by atoms with Gasteiger partial charge < -0.3 is 25.7 Å². The number of hydrogen-bond acceptors (Lipinski definition) is 5. The summed E-state index contributed by atoms with van der Waals surface area (Å²) >= 11 is 0. The van der Waals surface area contributed by atoms with Crippen molar-refractivity contribution in [3.8, 4) is 0 Å². The van der Waals surface area contributed by atoms with Crippen molar-refractivity contribution in [3.63, 3.8) is 0 Å². The molecule has 4 atom stereocenters. The summed E-state index contributed by atoms with van der Waals surface area (Å²) in [6.45, 7) is 4.02. The van der Waals surface area contributed by atoms with Gasteiger partial charge in [0.25, 0.3) is 0 Å². The zero-order valence-electron chi connectivity index (χ0n) is 37.7. The summed E-state index contributed by atoms with van der Waals surface area (Å²) in [4.78, 5) is 12.5. The van der Waals surface area contributed by atoms with Crippen LogP contribution in [0.1, 0.15) is 271 Å². The molecule has 0 rings (SSSR count). The first kappa shape index (κ1) is 55.0. The van der Waals surface area contributed by atoms with Crippen LogP contribution >= 0.6 is 0 Å². The molecule has 0 fully saturated rings. The molecule has 0 saturated carbocycles. The molecule has 0 bridgehead atoms. The third-order valence-corrected chi connectivity index (χ3v) is 12.0. The van der Waals surface area contributed by atoms with Crippen molar-refractivity contribution in [1.29, 1.82) is 0 Å². The Morgan fingerprint density at radius 3 is 1.07 bits per heavy atom. The predicted molar refractivity (Wildman–Crippen MR) is 242 cm³/mol. The van der Waals surface area contributed by atoms with Gasteiger partial charge in [0.15, 0.2) is 0 Å². The van der Waals surface area contributed by atoms with Crippen molar-refractivity contribution < 1.29 is 25.2 Å². The van der Waals surface area contributed by atoms with Gasteiger partial charge in [0.2, 0.25) is 5.91 Å². The molecule has 334 valence electrons. The van der Waals surface area contributed by atoms with Crippen molar-refractivity contribution in [2.45, 2.75) is 295 Å². The normalized spacial score (nSPS) is 14.0. The van der Waals surface area contributed by atoms with E-state index in [1.54, 1.807) is 0 Å². The third-order valence-electron chi connectivity index (χ3n) is 12.0. The van der Waals surface area contributed by atoms with E-state index >= 15 is 0 Å². The lowest BCUT2D eigenvalue weighted by Gasteiger charge is -2.27. The topological polar surface area (TPSA) is 110 Å². The summed E-state index contributed by atoms with van der Waals surface area (Å²) in [6, 6.07) is -0.996. The summed E-state index contributed by atoms with van der Waals surface area (Å²) in [7, 11) is 0. The van der Waals surface area contributed by atoms with Gasteiger partial charge in [-0.3, -0.25) is 4.79 Å². The van der Waals surface area contributed by atoms with Gasteiger partial charge in [0.1, 0.15) is 12.2 Å². The summed E-state index contributed by atoms with van der Waals surface area (Å²) in [5.74, 6) is -0.590. The summed E-state index contributed by atoms with van der Waals surface area (Å²) < 4.78 is 0. The van der Waals surface area contributed by atoms with Crippen molar-refractivity contribution in [2.24, 2.45) is 0 Å². The van der Waals surface area contributed by atoms with E-state index in [0.29, 0.717) is 12.8 Å². The van der Waals surface area contributed by atoms with Crippen LogP contribution in [-0.2, 0) is 4.79 Å². The fourth-order valence-corrected chi connectivity index (χ4v) is 7.99. The minimum atomic E-state index is -1.28. The first-order valence-corrected chi connectivity index (χ1v) is 25.1. The van der Waals surface area contributed by atoms with Crippen molar-refractivity contribution in [3.05, 3.63) is 12.2 Å². The second kappa shape index (κ2) is 45.1. The molecule has 6 nitrogen and oxygen atoms in total. The van der Waals surface area contributed by atoms with Crippen molar-refractivity contribution in [2.75, 3.05) is 6.61 Å². The molecule has 0 aromatic rings. The number of hydrogen-bond donors (Lipinski definition) is 5. The number of aliphatic hydroxyl groups is 4. The number of rotatable bonds is 46. The zero-order chi connectivity index (χ0) is 41.0. The van der Waals surface area contributed by atoms with E-state index < -0.39 is 36.9 Å². The summed E-state index contributed by atoms with van der Waals surface area (Å²) in [6.07, 6.45) is 51.5. The Hall–Kier alpha value is -0.950.